The van der Waals surface area contributed by atoms with Crippen molar-refractivity contribution < 1.29 is 0 Å². The molecule has 2 heterocycles. The summed E-state index contributed by atoms with van der Waals surface area (Å²) in [6.07, 6.45) is 6.65. The summed E-state index contributed by atoms with van der Waals surface area (Å²) in [5, 5.41) is 7.88. The highest BCUT2D eigenvalue weighted by Gasteiger charge is 2.12. The Bertz CT molecular complexity index is 292. The van der Waals surface area contributed by atoms with Crippen LogP contribution in [-0.4, -0.2) is 33.9 Å². The van der Waals surface area contributed by atoms with Gasteiger partial charge in [0.2, 0.25) is 0 Å². The van der Waals surface area contributed by atoms with Crippen molar-refractivity contribution in [2.24, 2.45) is 0 Å². The van der Waals surface area contributed by atoms with Crippen LogP contribution in [0.2, 0.25) is 0 Å². The molecule has 4 heteroatoms. The predicted molar refractivity (Wildman–Crippen MR) is 65.3 cm³/mol. The Balaban J connectivity index is 1.65. The fourth-order valence-electron chi connectivity index (χ4n) is 1.87. The number of hydrogen-bond donors (Lipinski definition) is 1. The summed E-state index contributed by atoms with van der Waals surface area (Å²) in [5.74, 6) is 2.64. The highest BCUT2D eigenvalue weighted by molar-refractivity contribution is 7.99. The van der Waals surface area contributed by atoms with Crippen molar-refractivity contribution in [2.45, 2.75) is 32.4 Å². The van der Waals surface area contributed by atoms with E-state index in [2.05, 4.69) is 35.3 Å². The fourth-order valence-corrected chi connectivity index (χ4v) is 2.98. The first-order valence-corrected chi connectivity index (χ1v) is 6.80. The Morgan fingerprint density at radius 3 is 3.00 bits per heavy atom. The maximum absolute atomic E-state index is 4.27. The van der Waals surface area contributed by atoms with Crippen LogP contribution in [0.15, 0.2) is 12.4 Å². The standard InChI is InChI=1S/C11H19N3S/c1-10-8-13-14(9-10)5-4-12-11-2-6-15-7-3-11/h8-9,11-12H,2-7H2,1H3. The molecule has 3 nitrogen and oxygen atoms in total. The van der Waals surface area contributed by atoms with E-state index in [0.717, 1.165) is 19.1 Å². The molecule has 0 atom stereocenters. The smallest absolute Gasteiger partial charge is 0.0534 e. The summed E-state index contributed by atoms with van der Waals surface area (Å²) in [4.78, 5) is 0. The van der Waals surface area contributed by atoms with Gasteiger partial charge in [0.05, 0.1) is 12.7 Å². The van der Waals surface area contributed by atoms with Crippen molar-refractivity contribution in [3.63, 3.8) is 0 Å². The lowest BCUT2D eigenvalue weighted by atomic mass is 10.1. The molecule has 1 saturated heterocycles. The molecule has 0 aromatic carbocycles. The van der Waals surface area contributed by atoms with Crippen molar-refractivity contribution in [1.82, 2.24) is 15.1 Å². The number of nitrogens with zero attached hydrogens (tertiary/aromatic N) is 2. The van der Waals surface area contributed by atoms with Gasteiger partial charge in [0.25, 0.3) is 0 Å². The summed E-state index contributed by atoms with van der Waals surface area (Å²) >= 11 is 2.07. The molecule has 1 aliphatic rings. The van der Waals surface area contributed by atoms with Gasteiger partial charge in [0.15, 0.2) is 0 Å². The van der Waals surface area contributed by atoms with Gasteiger partial charge in [-0.15, -0.1) is 0 Å². The minimum absolute atomic E-state index is 0.739. The SMILES string of the molecule is Cc1cnn(CCNC2CCSCC2)c1. The third-order valence-corrected chi connectivity index (χ3v) is 3.81. The Kier molecular flexibility index (Phi) is 4.09. The van der Waals surface area contributed by atoms with Gasteiger partial charge in [0.1, 0.15) is 0 Å². The second-order valence-electron chi connectivity index (χ2n) is 4.12. The highest BCUT2D eigenvalue weighted by atomic mass is 32.2. The first-order valence-electron chi connectivity index (χ1n) is 5.65. The molecule has 1 aromatic heterocycles. The molecule has 0 spiro atoms. The van der Waals surface area contributed by atoms with Gasteiger partial charge >= 0.3 is 0 Å². The molecule has 0 saturated carbocycles. The first-order chi connectivity index (χ1) is 7.34. The molecule has 84 valence electrons. The molecule has 1 fully saturated rings. The molecule has 0 bridgehead atoms. The van der Waals surface area contributed by atoms with E-state index in [1.165, 1.54) is 29.9 Å². The second-order valence-corrected chi connectivity index (χ2v) is 5.35. The van der Waals surface area contributed by atoms with E-state index in [4.69, 9.17) is 0 Å². The molecule has 0 aliphatic carbocycles. The topological polar surface area (TPSA) is 29.9 Å². The first kappa shape index (κ1) is 11.0. The largest absolute Gasteiger partial charge is 0.312 e. The minimum atomic E-state index is 0.739. The normalized spacial score (nSPS) is 18.2. The molecular formula is C11H19N3S. The van der Waals surface area contributed by atoms with E-state index in [1.807, 2.05) is 10.9 Å². The Hall–Kier alpha value is -0.480. The zero-order valence-electron chi connectivity index (χ0n) is 9.28. The molecule has 1 aliphatic heterocycles. The lowest BCUT2D eigenvalue weighted by Crippen LogP contribution is -2.34. The highest BCUT2D eigenvalue weighted by Crippen LogP contribution is 2.16. The number of hydrogen-bond acceptors (Lipinski definition) is 3. The zero-order chi connectivity index (χ0) is 10.5. The summed E-state index contributed by atoms with van der Waals surface area (Å²) in [7, 11) is 0. The van der Waals surface area contributed by atoms with Crippen LogP contribution in [0.4, 0.5) is 0 Å². The third kappa shape index (κ3) is 3.54. The van der Waals surface area contributed by atoms with Crippen LogP contribution in [-0.2, 0) is 6.54 Å². The monoisotopic (exact) mass is 225 g/mol. The van der Waals surface area contributed by atoms with Gasteiger partial charge in [-0.2, -0.15) is 16.9 Å². The molecule has 0 amide bonds. The van der Waals surface area contributed by atoms with Crippen LogP contribution in [0, 0.1) is 6.92 Å². The van der Waals surface area contributed by atoms with Gasteiger partial charge in [-0.3, -0.25) is 4.68 Å². The van der Waals surface area contributed by atoms with Crippen LogP contribution in [0.1, 0.15) is 18.4 Å². The number of rotatable bonds is 4. The summed E-state index contributed by atoms with van der Waals surface area (Å²) < 4.78 is 2.01. The lowest BCUT2D eigenvalue weighted by molar-refractivity contribution is 0.453. The van der Waals surface area contributed by atoms with Crippen molar-refractivity contribution >= 4 is 11.8 Å². The van der Waals surface area contributed by atoms with E-state index in [0.29, 0.717) is 0 Å². The van der Waals surface area contributed by atoms with Gasteiger partial charge in [0, 0.05) is 18.8 Å². The van der Waals surface area contributed by atoms with Crippen molar-refractivity contribution in [3.05, 3.63) is 18.0 Å². The average molecular weight is 225 g/mol. The summed E-state index contributed by atoms with van der Waals surface area (Å²) in [5.41, 5.74) is 1.24. The van der Waals surface area contributed by atoms with Gasteiger partial charge < -0.3 is 5.32 Å². The van der Waals surface area contributed by atoms with Crippen molar-refractivity contribution in [1.29, 1.82) is 0 Å². The van der Waals surface area contributed by atoms with E-state index >= 15 is 0 Å². The predicted octanol–water partition coefficient (Wildman–Crippen LogP) is 1.68. The minimum Gasteiger partial charge on any atom is -0.312 e. The fraction of sp³-hybridized carbons (Fsp3) is 0.727. The van der Waals surface area contributed by atoms with Crippen LogP contribution in [0.5, 0.6) is 0 Å². The average Bonchev–Trinajstić information content (AvgIpc) is 2.66. The molecule has 2 rings (SSSR count). The Labute approximate surface area is 95.6 Å². The summed E-state index contributed by atoms with van der Waals surface area (Å²) in [6, 6.07) is 0.739. The number of aryl methyl sites for hydroxylation is 1. The number of nitrogens with one attached hydrogen (secondary N) is 1. The van der Waals surface area contributed by atoms with E-state index < -0.39 is 0 Å². The molecule has 0 unspecified atom stereocenters. The molecule has 0 radical (unpaired) electrons. The molecule has 1 N–H and O–H groups in total. The quantitative estimate of drug-likeness (QED) is 0.845. The lowest BCUT2D eigenvalue weighted by Gasteiger charge is -2.22. The summed E-state index contributed by atoms with van der Waals surface area (Å²) in [6.45, 7) is 4.10. The maximum Gasteiger partial charge on any atom is 0.0534 e. The van der Waals surface area contributed by atoms with E-state index in [9.17, 15) is 0 Å². The Morgan fingerprint density at radius 1 is 1.53 bits per heavy atom. The third-order valence-electron chi connectivity index (χ3n) is 2.76. The molecular weight excluding hydrogens is 206 g/mol. The van der Waals surface area contributed by atoms with Crippen LogP contribution in [0.3, 0.4) is 0 Å². The van der Waals surface area contributed by atoms with Crippen LogP contribution >= 0.6 is 11.8 Å². The van der Waals surface area contributed by atoms with Crippen molar-refractivity contribution in [2.75, 3.05) is 18.1 Å². The zero-order valence-corrected chi connectivity index (χ0v) is 10.1. The van der Waals surface area contributed by atoms with Gasteiger partial charge in [-0.05, 0) is 36.8 Å². The molecule has 1 aromatic rings. The second kappa shape index (κ2) is 5.56. The van der Waals surface area contributed by atoms with Gasteiger partial charge in [-0.1, -0.05) is 0 Å². The van der Waals surface area contributed by atoms with E-state index in [-0.39, 0.29) is 0 Å². The van der Waals surface area contributed by atoms with E-state index in [1.54, 1.807) is 0 Å². The number of aromatic nitrogens is 2. The van der Waals surface area contributed by atoms with Gasteiger partial charge in [-0.25, -0.2) is 0 Å². The van der Waals surface area contributed by atoms with Crippen LogP contribution in [0.25, 0.3) is 0 Å². The van der Waals surface area contributed by atoms with Crippen molar-refractivity contribution in [3.8, 4) is 0 Å². The molecule has 15 heavy (non-hydrogen) atoms. The Morgan fingerprint density at radius 2 is 2.33 bits per heavy atom. The number of thioether (sulfide) groups is 1. The maximum atomic E-state index is 4.27. The van der Waals surface area contributed by atoms with Crippen LogP contribution < -0.4 is 5.32 Å².